The molecule has 0 aromatic carbocycles. The fourth-order valence-corrected chi connectivity index (χ4v) is 2.17. The van der Waals surface area contributed by atoms with Crippen LogP contribution in [0.15, 0.2) is 22.4 Å². The molecule has 3 heteroatoms. The quantitative estimate of drug-likeness (QED) is 0.585. The van der Waals surface area contributed by atoms with Crippen molar-refractivity contribution in [3.63, 3.8) is 0 Å². The third-order valence-corrected chi connectivity index (χ3v) is 2.82. The molecular formula is C11H11N3. The summed E-state index contributed by atoms with van der Waals surface area (Å²) in [4.78, 5) is 0. The maximum atomic E-state index is 8.80. The molecule has 0 saturated heterocycles. The van der Waals surface area contributed by atoms with E-state index in [1.54, 1.807) is 0 Å². The van der Waals surface area contributed by atoms with Gasteiger partial charge in [0.25, 0.3) is 0 Å². The van der Waals surface area contributed by atoms with E-state index in [2.05, 4.69) is 5.32 Å². The van der Waals surface area contributed by atoms with Crippen molar-refractivity contribution in [2.75, 3.05) is 6.54 Å². The largest absolute Gasteiger partial charge is 0.388 e. The summed E-state index contributed by atoms with van der Waals surface area (Å²) in [5, 5.41) is 20.9. The van der Waals surface area contributed by atoms with E-state index in [0.29, 0.717) is 5.57 Å². The van der Waals surface area contributed by atoms with Crippen LogP contribution in [-0.2, 0) is 0 Å². The van der Waals surface area contributed by atoms with Gasteiger partial charge in [-0.05, 0) is 36.8 Å². The number of rotatable bonds is 0. The Balaban J connectivity index is 2.43. The van der Waals surface area contributed by atoms with Gasteiger partial charge in [0.1, 0.15) is 17.7 Å². The van der Waals surface area contributed by atoms with Gasteiger partial charge in [-0.1, -0.05) is 0 Å². The molecule has 0 spiro atoms. The SMILES string of the molecule is N#CC(C#N)=C1CCC2=C1CCCN2. The molecule has 2 aliphatic rings. The summed E-state index contributed by atoms with van der Waals surface area (Å²) in [5.74, 6) is 0. The van der Waals surface area contributed by atoms with Gasteiger partial charge in [-0.2, -0.15) is 10.5 Å². The topological polar surface area (TPSA) is 59.6 Å². The molecule has 1 heterocycles. The molecule has 0 aromatic heterocycles. The van der Waals surface area contributed by atoms with Crippen molar-refractivity contribution in [1.29, 1.82) is 10.5 Å². The Kier molecular flexibility index (Phi) is 2.24. The maximum Gasteiger partial charge on any atom is 0.133 e. The first kappa shape index (κ1) is 8.84. The van der Waals surface area contributed by atoms with Crippen LogP contribution in [0.1, 0.15) is 25.7 Å². The Bertz CT molecular complexity index is 385. The monoisotopic (exact) mass is 185 g/mol. The van der Waals surface area contributed by atoms with Crippen LogP contribution in [0, 0.1) is 22.7 Å². The Labute approximate surface area is 83.3 Å². The molecule has 0 aromatic rings. The highest BCUT2D eigenvalue weighted by Gasteiger charge is 2.24. The summed E-state index contributed by atoms with van der Waals surface area (Å²) in [6.07, 6.45) is 3.95. The average molecular weight is 185 g/mol. The molecule has 1 aliphatic heterocycles. The van der Waals surface area contributed by atoms with Crippen LogP contribution in [0.2, 0.25) is 0 Å². The van der Waals surface area contributed by atoms with Crippen LogP contribution in [0.3, 0.4) is 0 Å². The summed E-state index contributed by atoms with van der Waals surface area (Å²) in [5.41, 5.74) is 3.78. The highest BCUT2D eigenvalue weighted by atomic mass is 14.9. The lowest BCUT2D eigenvalue weighted by molar-refractivity contribution is 0.665. The summed E-state index contributed by atoms with van der Waals surface area (Å²) >= 11 is 0. The van der Waals surface area contributed by atoms with E-state index in [1.807, 2.05) is 12.1 Å². The highest BCUT2D eigenvalue weighted by Crippen LogP contribution is 2.36. The van der Waals surface area contributed by atoms with E-state index >= 15 is 0 Å². The molecule has 2 rings (SSSR count). The van der Waals surface area contributed by atoms with E-state index < -0.39 is 0 Å². The first-order valence-corrected chi connectivity index (χ1v) is 4.86. The lowest BCUT2D eigenvalue weighted by Gasteiger charge is -2.16. The van der Waals surface area contributed by atoms with E-state index in [4.69, 9.17) is 10.5 Å². The lowest BCUT2D eigenvalue weighted by atomic mass is 9.98. The first-order valence-electron chi connectivity index (χ1n) is 4.86. The van der Waals surface area contributed by atoms with Crippen LogP contribution in [0.5, 0.6) is 0 Å². The van der Waals surface area contributed by atoms with Gasteiger partial charge in [-0.3, -0.25) is 0 Å². The van der Waals surface area contributed by atoms with E-state index in [9.17, 15) is 0 Å². The number of nitrogens with one attached hydrogen (secondary N) is 1. The summed E-state index contributed by atoms with van der Waals surface area (Å²) in [6.45, 7) is 1.03. The fourth-order valence-electron chi connectivity index (χ4n) is 2.17. The molecule has 1 N–H and O–H groups in total. The number of allylic oxidation sites excluding steroid dienone is 4. The van der Waals surface area contributed by atoms with Gasteiger partial charge < -0.3 is 5.32 Å². The second kappa shape index (κ2) is 3.55. The van der Waals surface area contributed by atoms with E-state index in [-0.39, 0.29) is 0 Å². The molecule has 1 aliphatic carbocycles. The average Bonchev–Trinajstić information content (AvgIpc) is 2.65. The minimum Gasteiger partial charge on any atom is -0.388 e. The minimum absolute atomic E-state index is 0.304. The third-order valence-electron chi connectivity index (χ3n) is 2.82. The fraction of sp³-hybridized carbons (Fsp3) is 0.455. The van der Waals surface area contributed by atoms with Crippen molar-refractivity contribution in [3.05, 3.63) is 22.4 Å². The van der Waals surface area contributed by atoms with Gasteiger partial charge in [-0.15, -0.1) is 0 Å². The molecule has 0 saturated carbocycles. The van der Waals surface area contributed by atoms with Crippen molar-refractivity contribution in [2.24, 2.45) is 0 Å². The zero-order chi connectivity index (χ0) is 9.97. The van der Waals surface area contributed by atoms with Gasteiger partial charge in [0.15, 0.2) is 0 Å². The number of hydrogen-bond acceptors (Lipinski definition) is 3. The molecule has 70 valence electrons. The third kappa shape index (κ3) is 1.28. The molecule has 0 bridgehead atoms. The Morgan fingerprint density at radius 1 is 1.14 bits per heavy atom. The van der Waals surface area contributed by atoms with Gasteiger partial charge >= 0.3 is 0 Å². The predicted molar refractivity (Wildman–Crippen MR) is 51.7 cm³/mol. The normalized spacial score (nSPS) is 19.4. The van der Waals surface area contributed by atoms with Gasteiger partial charge in [-0.25, -0.2) is 0 Å². The summed E-state index contributed by atoms with van der Waals surface area (Å²) in [7, 11) is 0. The van der Waals surface area contributed by atoms with Gasteiger partial charge in [0.2, 0.25) is 0 Å². The second-order valence-corrected chi connectivity index (χ2v) is 3.56. The molecule has 0 atom stereocenters. The molecule has 14 heavy (non-hydrogen) atoms. The van der Waals surface area contributed by atoms with E-state index in [1.165, 1.54) is 11.3 Å². The molecule has 0 amide bonds. The summed E-state index contributed by atoms with van der Waals surface area (Å²) in [6, 6.07) is 3.97. The Hall–Kier alpha value is -1.74. The Morgan fingerprint density at radius 2 is 1.93 bits per heavy atom. The van der Waals surface area contributed by atoms with Crippen LogP contribution in [0.25, 0.3) is 0 Å². The van der Waals surface area contributed by atoms with Crippen molar-refractivity contribution < 1.29 is 0 Å². The first-order chi connectivity index (χ1) is 6.86. The van der Waals surface area contributed by atoms with Crippen LogP contribution < -0.4 is 5.32 Å². The zero-order valence-electron chi connectivity index (χ0n) is 7.93. The van der Waals surface area contributed by atoms with Gasteiger partial charge in [0, 0.05) is 12.2 Å². The van der Waals surface area contributed by atoms with Crippen molar-refractivity contribution in [1.82, 2.24) is 5.32 Å². The lowest BCUT2D eigenvalue weighted by Crippen LogP contribution is -2.19. The molecule has 0 radical (unpaired) electrons. The van der Waals surface area contributed by atoms with Crippen LogP contribution in [0.4, 0.5) is 0 Å². The predicted octanol–water partition coefficient (Wildman–Crippen LogP) is 1.76. The van der Waals surface area contributed by atoms with Crippen molar-refractivity contribution in [2.45, 2.75) is 25.7 Å². The molecule has 3 nitrogen and oxygen atoms in total. The smallest absolute Gasteiger partial charge is 0.133 e. The maximum absolute atomic E-state index is 8.80. The minimum atomic E-state index is 0.304. The van der Waals surface area contributed by atoms with Crippen molar-refractivity contribution in [3.8, 4) is 12.1 Å². The standard InChI is InChI=1S/C11H11N3/c12-6-8(7-13)9-3-4-11-10(9)2-1-5-14-11/h14H,1-5H2. The number of nitriles is 2. The molecular weight excluding hydrogens is 174 g/mol. The second-order valence-electron chi connectivity index (χ2n) is 3.56. The zero-order valence-corrected chi connectivity index (χ0v) is 7.93. The number of nitrogens with zero attached hydrogens (tertiary/aromatic N) is 2. The van der Waals surface area contributed by atoms with Gasteiger partial charge in [0.05, 0.1) is 0 Å². The Morgan fingerprint density at radius 3 is 2.64 bits per heavy atom. The summed E-state index contributed by atoms with van der Waals surface area (Å²) < 4.78 is 0. The number of hydrogen-bond donors (Lipinski definition) is 1. The van der Waals surface area contributed by atoms with E-state index in [0.717, 1.165) is 37.8 Å². The van der Waals surface area contributed by atoms with Crippen molar-refractivity contribution >= 4 is 0 Å². The molecule has 0 unspecified atom stereocenters. The van der Waals surface area contributed by atoms with Crippen LogP contribution in [-0.4, -0.2) is 6.54 Å². The highest BCUT2D eigenvalue weighted by molar-refractivity contribution is 5.53. The molecule has 0 fully saturated rings. The van der Waals surface area contributed by atoms with Crippen LogP contribution >= 0.6 is 0 Å².